The number of benzene rings is 1. The summed E-state index contributed by atoms with van der Waals surface area (Å²) in [4.78, 5) is 13.0. The third-order valence-electron chi connectivity index (χ3n) is 3.71. The van der Waals surface area contributed by atoms with Crippen LogP contribution in [0.3, 0.4) is 0 Å². The second-order valence-corrected chi connectivity index (χ2v) is 5.19. The minimum atomic E-state index is -0.925. The first-order chi connectivity index (χ1) is 9.58. The number of rotatable bonds is 4. The molecule has 4 heteroatoms. The molecule has 1 aliphatic rings. The molecule has 0 bridgehead atoms. The maximum Gasteiger partial charge on any atom is 0.328 e. The molecule has 0 aliphatic carbocycles. The molecular weight excluding hydrogens is 254 g/mol. The number of nitrogens with zero attached hydrogens (tertiary/aromatic N) is 1. The first-order valence-electron chi connectivity index (χ1n) is 6.90. The van der Waals surface area contributed by atoms with E-state index in [1.807, 2.05) is 13.0 Å². The Morgan fingerprint density at radius 3 is 2.75 bits per heavy atom. The molecule has 2 rings (SSSR count). The van der Waals surface area contributed by atoms with Crippen molar-refractivity contribution in [3.8, 4) is 0 Å². The van der Waals surface area contributed by atoms with Gasteiger partial charge in [-0.1, -0.05) is 11.6 Å². The van der Waals surface area contributed by atoms with Crippen molar-refractivity contribution < 1.29 is 14.6 Å². The van der Waals surface area contributed by atoms with Crippen LogP contribution in [0.1, 0.15) is 24.0 Å². The van der Waals surface area contributed by atoms with E-state index in [1.54, 1.807) is 6.08 Å². The van der Waals surface area contributed by atoms with Gasteiger partial charge < -0.3 is 14.7 Å². The molecule has 1 aliphatic heterocycles. The van der Waals surface area contributed by atoms with E-state index in [2.05, 4.69) is 24.1 Å². The zero-order valence-electron chi connectivity index (χ0n) is 12.0. The molecule has 0 saturated carbocycles. The zero-order valence-corrected chi connectivity index (χ0v) is 12.0. The van der Waals surface area contributed by atoms with E-state index < -0.39 is 5.97 Å². The van der Waals surface area contributed by atoms with Crippen LogP contribution in [0.25, 0.3) is 6.08 Å². The molecule has 1 heterocycles. The highest BCUT2D eigenvalue weighted by molar-refractivity contribution is 5.87. The van der Waals surface area contributed by atoms with Crippen molar-refractivity contribution >= 4 is 17.7 Å². The van der Waals surface area contributed by atoms with Crippen LogP contribution in [0, 0.1) is 6.92 Å². The summed E-state index contributed by atoms with van der Waals surface area (Å²) in [6.45, 7) is 3.60. The van der Waals surface area contributed by atoms with Crippen LogP contribution in [0.2, 0.25) is 0 Å². The van der Waals surface area contributed by atoms with Crippen molar-refractivity contribution in [1.29, 1.82) is 0 Å². The number of aliphatic carboxylic acids is 1. The van der Waals surface area contributed by atoms with Gasteiger partial charge in [0.15, 0.2) is 0 Å². The highest BCUT2D eigenvalue weighted by Gasteiger charge is 2.20. The molecular formula is C16H21NO3. The van der Waals surface area contributed by atoms with Gasteiger partial charge in [0.05, 0.1) is 0 Å². The lowest BCUT2D eigenvalue weighted by molar-refractivity contribution is -0.131. The minimum Gasteiger partial charge on any atom is -0.478 e. The predicted molar refractivity (Wildman–Crippen MR) is 80.1 cm³/mol. The Hall–Kier alpha value is -1.81. The van der Waals surface area contributed by atoms with E-state index in [0.717, 1.165) is 42.9 Å². The van der Waals surface area contributed by atoms with E-state index in [4.69, 9.17) is 9.84 Å². The van der Waals surface area contributed by atoms with Crippen LogP contribution in [0.5, 0.6) is 0 Å². The normalized spacial score (nSPS) is 16.5. The van der Waals surface area contributed by atoms with Gasteiger partial charge in [-0.15, -0.1) is 0 Å². The van der Waals surface area contributed by atoms with E-state index in [1.165, 1.54) is 6.08 Å². The van der Waals surface area contributed by atoms with Crippen molar-refractivity contribution in [3.63, 3.8) is 0 Å². The lowest BCUT2D eigenvalue weighted by Crippen LogP contribution is -2.37. The molecule has 0 atom stereocenters. The molecule has 0 amide bonds. The van der Waals surface area contributed by atoms with Crippen LogP contribution in [-0.2, 0) is 9.53 Å². The number of hydrogen-bond acceptors (Lipinski definition) is 3. The lowest BCUT2D eigenvalue weighted by Gasteiger charge is -2.34. The molecule has 4 nitrogen and oxygen atoms in total. The SMILES string of the molecule is Cc1ccc(N(C)C2CCOCC2)c(/C=C/C(=O)O)c1. The smallest absolute Gasteiger partial charge is 0.328 e. The van der Waals surface area contributed by atoms with Gasteiger partial charge in [-0.3, -0.25) is 0 Å². The molecule has 0 spiro atoms. The van der Waals surface area contributed by atoms with E-state index in [9.17, 15) is 4.79 Å². The van der Waals surface area contributed by atoms with Crippen LogP contribution in [0.15, 0.2) is 24.3 Å². The number of carbonyl (C=O) groups is 1. The second-order valence-electron chi connectivity index (χ2n) is 5.19. The molecule has 1 saturated heterocycles. The maximum absolute atomic E-state index is 10.7. The minimum absolute atomic E-state index is 0.448. The average molecular weight is 275 g/mol. The van der Waals surface area contributed by atoms with Crippen LogP contribution < -0.4 is 4.90 Å². The summed E-state index contributed by atoms with van der Waals surface area (Å²) < 4.78 is 5.40. The quantitative estimate of drug-likeness (QED) is 0.858. The van der Waals surface area contributed by atoms with Crippen molar-refractivity contribution in [2.75, 3.05) is 25.2 Å². The van der Waals surface area contributed by atoms with Gasteiger partial charge in [-0.25, -0.2) is 4.79 Å². The standard InChI is InChI=1S/C16H21NO3/c1-12-3-5-15(13(11-12)4-6-16(18)19)17(2)14-7-9-20-10-8-14/h3-6,11,14H,7-10H2,1-2H3,(H,18,19)/b6-4+. The Balaban J connectivity index is 2.27. The summed E-state index contributed by atoms with van der Waals surface area (Å²) in [5.74, 6) is -0.925. The van der Waals surface area contributed by atoms with Crippen LogP contribution in [0.4, 0.5) is 5.69 Å². The number of carboxylic acid groups (broad SMARTS) is 1. The first kappa shape index (κ1) is 14.6. The molecule has 0 aromatic heterocycles. The Kier molecular flexibility index (Phi) is 4.79. The molecule has 1 aromatic rings. The van der Waals surface area contributed by atoms with Gasteiger partial charge in [-0.05, 0) is 43.5 Å². The van der Waals surface area contributed by atoms with Crippen molar-refractivity contribution in [1.82, 2.24) is 0 Å². The van der Waals surface area contributed by atoms with Crippen LogP contribution in [-0.4, -0.2) is 37.4 Å². The number of hydrogen-bond donors (Lipinski definition) is 1. The second kappa shape index (κ2) is 6.57. The third-order valence-corrected chi connectivity index (χ3v) is 3.71. The summed E-state index contributed by atoms with van der Waals surface area (Å²) in [6.07, 6.45) is 4.87. The third kappa shape index (κ3) is 3.61. The average Bonchev–Trinajstić information content (AvgIpc) is 2.45. The molecule has 0 unspecified atom stereocenters. The maximum atomic E-state index is 10.7. The van der Waals surface area contributed by atoms with E-state index in [-0.39, 0.29) is 0 Å². The topological polar surface area (TPSA) is 49.8 Å². The van der Waals surface area contributed by atoms with Crippen molar-refractivity contribution in [3.05, 3.63) is 35.4 Å². The molecule has 108 valence electrons. The van der Waals surface area contributed by atoms with Gasteiger partial charge in [-0.2, -0.15) is 0 Å². The largest absolute Gasteiger partial charge is 0.478 e. The summed E-state index contributed by atoms with van der Waals surface area (Å²) in [5.41, 5.74) is 3.14. The number of anilines is 1. The fraction of sp³-hybridized carbons (Fsp3) is 0.438. The number of ether oxygens (including phenoxy) is 1. The number of aryl methyl sites for hydroxylation is 1. The Labute approximate surface area is 119 Å². The molecule has 1 fully saturated rings. The zero-order chi connectivity index (χ0) is 14.5. The highest BCUT2D eigenvalue weighted by Crippen LogP contribution is 2.27. The van der Waals surface area contributed by atoms with Crippen molar-refractivity contribution in [2.45, 2.75) is 25.8 Å². The first-order valence-corrected chi connectivity index (χ1v) is 6.90. The Morgan fingerprint density at radius 2 is 2.10 bits per heavy atom. The van der Waals surface area contributed by atoms with E-state index >= 15 is 0 Å². The summed E-state index contributed by atoms with van der Waals surface area (Å²) in [6, 6.07) is 6.59. The Morgan fingerprint density at radius 1 is 1.40 bits per heavy atom. The number of carboxylic acids is 1. The monoisotopic (exact) mass is 275 g/mol. The van der Waals surface area contributed by atoms with Gasteiger partial charge in [0.1, 0.15) is 0 Å². The summed E-state index contributed by atoms with van der Waals surface area (Å²) >= 11 is 0. The summed E-state index contributed by atoms with van der Waals surface area (Å²) in [5, 5.41) is 8.81. The van der Waals surface area contributed by atoms with Gasteiger partial charge in [0.2, 0.25) is 0 Å². The predicted octanol–water partition coefficient (Wildman–Crippen LogP) is 2.71. The lowest BCUT2D eigenvalue weighted by atomic mass is 10.0. The van der Waals surface area contributed by atoms with Crippen molar-refractivity contribution in [2.24, 2.45) is 0 Å². The highest BCUT2D eigenvalue weighted by atomic mass is 16.5. The van der Waals surface area contributed by atoms with Crippen LogP contribution >= 0.6 is 0 Å². The molecule has 20 heavy (non-hydrogen) atoms. The Bertz CT molecular complexity index is 504. The van der Waals surface area contributed by atoms with Gasteiger partial charge in [0, 0.05) is 38.1 Å². The molecule has 1 aromatic carbocycles. The van der Waals surface area contributed by atoms with Gasteiger partial charge >= 0.3 is 5.97 Å². The molecule has 0 radical (unpaired) electrons. The van der Waals surface area contributed by atoms with E-state index in [0.29, 0.717) is 6.04 Å². The summed E-state index contributed by atoms with van der Waals surface area (Å²) in [7, 11) is 2.07. The van der Waals surface area contributed by atoms with Gasteiger partial charge in [0.25, 0.3) is 0 Å². The fourth-order valence-corrected chi connectivity index (χ4v) is 2.56. The fourth-order valence-electron chi connectivity index (χ4n) is 2.56. The molecule has 1 N–H and O–H groups in total.